The smallest absolute Gasteiger partial charge is 0.193 e. The Labute approximate surface area is 187 Å². The molecule has 0 N–H and O–H groups in total. The van der Waals surface area contributed by atoms with Gasteiger partial charge < -0.3 is 4.74 Å². The fourth-order valence-electron chi connectivity index (χ4n) is 3.70. The fourth-order valence-corrected chi connectivity index (χ4v) is 4.01. The number of carbonyl (C=O) groups is 1. The minimum Gasteiger partial charge on any atom is -0.448 e. The molecule has 4 rings (SSSR count). The van der Waals surface area contributed by atoms with Crippen LogP contribution in [0.4, 0.5) is 5.82 Å². The van der Waals surface area contributed by atoms with Gasteiger partial charge in [0.2, 0.25) is 0 Å². The Hall–Kier alpha value is -2.79. The van der Waals surface area contributed by atoms with Crippen molar-refractivity contribution in [2.45, 2.75) is 59.3 Å². The number of Topliss-reactive ketones (excluding diaryl/α,β-unsaturated/α-hetero) is 1. The summed E-state index contributed by atoms with van der Waals surface area (Å²) in [5.74, 6) is 2.42. The predicted octanol–water partition coefficient (Wildman–Crippen LogP) is 6.63. The van der Waals surface area contributed by atoms with Crippen molar-refractivity contribution in [2.75, 3.05) is 0 Å². The van der Waals surface area contributed by atoms with Crippen molar-refractivity contribution in [2.24, 2.45) is 4.99 Å². The number of ether oxygens (including phenoxy) is 1. The molecule has 1 saturated carbocycles. The number of aliphatic imine (C=N–C) groups is 1. The van der Waals surface area contributed by atoms with E-state index < -0.39 is 0 Å². The first-order valence-electron chi connectivity index (χ1n) is 10.6. The summed E-state index contributed by atoms with van der Waals surface area (Å²) in [6.45, 7) is 7.27. The first-order valence-corrected chi connectivity index (χ1v) is 11.0. The van der Waals surface area contributed by atoms with Crippen molar-refractivity contribution < 1.29 is 9.53 Å². The Bertz CT molecular complexity index is 1130. The van der Waals surface area contributed by atoms with Crippen molar-refractivity contribution in [3.63, 3.8) is 0 Å². The van der Waals surface area contributed by atoms with E-state index in [9.17, 15) is 4.79 Å². The molecule has 2 aliphatic carbocycles. The summed E-state index contributed by atoms with van der Waals surface area (Å²) in [7, 11) is 0. The molecule has 2 aromatic rings. The highest BCUT2D eigenvalue weighted by Gasteiger charge is 2.24. The van der Waals surface area contributed by atoms with Gasteiger partial charge in [-0.25, -0.2) is 4.98 Å². The maximum atomic E-state index is 11.8. The molecule has 2 aliphatic rings. The lowest BCUT2D eigenvalue weighted by molar-refractivity contribution is -0.113. The standard InChI is InChI=1S/C25H26ClN3O2/c1-14-5-9-20(12-21(14)16(3)30)31-17(4)28-25-15(2)11-22(26)24(29-25)19-8-10-23(27-13-19)18-6-7-18/h8,10-13,18H,5-7,9H2,1-4H3. The molecule has 6 heteroatoms. The van der Waals surface area contributed by atoms with Crippen LogP contribution in [-0.4, -0.2) is 21.6 Å². The van der Waals surface area contributed by atoms with E-state index in [0.717, 1.165) is 46.6 Å². The first kappa shape index (κ1) is 21.4. The number of allylic oxidation sites excluding steroid dienone is 4. The number of hydrogen-bond donors (Lipinski definition) is 0. The molecule has 0 atom stereocenters. The number of pyridine rings is 2. The van der Waals surface area contributed by atoms with E-state index in [1.165, 1.54) is 12.8 Å². The number of hydrogen-bond acceptors (Lipinski definition) is 5. The van der Waals surface area contributed by atoms with Gasteiger partial charge in [0.25, 0.3) is 0 Å². The first-order chi connectivity index (χ1) is 14.8. The predicted molar refractivity (Wildman–Crippen MR) is 124 cm³/mol. The largest absolute Gasteiger partial charge is 0.448 e. The van der Waals surface area contributed by atoms with Gasteiger partial charge in [0.15, 0.2) is 17.5 Å². The van der Waals surface area contributed by atoms with Gasteiger partial charge in [-0.1, -0.05) is 17.2 Å². The quantitative estimate of drug-likeness (QED) is 0.390. The third kappa shape index (κ3) is 4.93. The van der Waals surface area contributed by atoms with Crippen LogP contribution >= 0.6 is 11.6 Å². The van der Waals surface area contributed by atoms with E-state index in [2.05, 4.69) is 16.0 Å². The molecule has 0 bridgehead atoms. The molecule has 2 heterocycles. The molecule has 160 valence electrons. The molecule has 1 fully saturated rings. The maximum absolute atomic E-state index is 11.8. The molecule has 0 spiro atoms. The SMILES string of the molecule is CC(=O)C1=C(C)CCC(OC(C)=Nc2nc(-c3ccc(C4CC4)nc3)c(Cl)cc2C)=C1. The number of rotatable bonds is 5. The second-order valence-electron chi connectivity index (χ2n) is 8.30. The molecule has 0 aromatic carbocycles. The van der Waals surface area contributed by atoms with E-state index >= 15 is 0 Å². The number of aromatic nitrogens is 2. The monoisotopic (exact) mass is 435 g/mol. The molecule has 5 nitrogen and oxygen atoms in total. The van der Waals surface area contributed by atoms with Crippen molar-refractivity contribution in [3.8, 4) is 11.3 Å². The second kappa shape index (κ2) is 8.75. The second-order valence-corrected chi connectivity index (χ2v) is 8.71. The topological polar surface area (TPSA) is 64.4 Å². The molecule has 2 aromatic heterocycles. The minimum atomic E-state index is 0.0501. The van der Waals surface area contributed by atoms with E-state index in [1.807, 2.05) is 38.3 Å². The summed E-state index contributed by atoms with van der Waals surface area (Å²) in [5.41, 5.74) is 5.32. The number of aryl methyl sites for hydroxylation is 1. The molecule has 0 unspecified atom stereocenters. The van der Waals surface area contributed by atoms with Crippen molar-refractivity contribution >= 4 is 29.1 Å². The minimum absolute atomic E-state index is 0.0501. The molecular weight excluding hydrogens is 410 g/mol. The van der Waals surface area contributed by atoms with E-state index in [0.29, 0.717) is 28.4 Å². The highest BCUT2D eigenvalue weighted by molar-refractivity contribution is 6.33. The Morgan fingerprint density at radius 2 is 1.97 bits per heavy atom. The van der Waals surface area contributed by atoms with Crippen LogP contribution in [0.5, 0.6) is 0 Å². The maximum Gasteiger partial charge on any atom is 0.193 e. The zero-order valence-electron chi connectivity index (χ0n) is 18.3. The average Bonchev–Trinajstić information content (AvgIpc) is 3.57. The van der Waals surface area contributed by atoms with Gasteiger partial charge in [-0.3, -0.25) is 9.78 Å². The van der Waals surface area contributed by atoms with E-state index in [-0.39, 0.29) is 5.78 Å². The average molecular weight is 436 g/mol. The van der Waals surface area contributed by atoms with E-state index in [4.69, 9.17) is 21.3 Å². The normalized spacial score (nSPS) is 16.9. The van der Waals surface area contributed by atoms with Gasteiger partial charge in [0.05, 0.1) is 10.7 Å². The third-order valence-electron chi connectivity index (χ3n) is 5.63. The van der Waals surface area contributed by atoms with Gasteiger partial charge >= 0.3 is 0 Å². The van der Waals surface area contributed by atoms with Gasteiger partial charge in [0, 0.05) is 42.3 Å². The molecule has 31 heavy (non-hydrogen) atoms. The van der Waals surface area contributed by atoms with E-state index in [1.54, 1.807) is 13.8 Å². The van der Waals surface area contributed by atoms with Crippen LogP contribution < -0.4 is 0 Å². The van der Waals surface area contributed by atoms with Crippen LogP contribution in [0.1, 0.15) is 63.6 Å². The number of carbonyl (C=O) groups excluding carboxylic acids is 1. The zero-order valence-corrected chi connectivity index (χ0v) is 19.1. The van der Waals surface area contributed by atoms with Crippen LogP contribution in [-0.2, 0) is 9.53 Å². The van der Waals surface area contributed by atoms with Crippen LogP contribution in [0.15, 0.2) is 52.4 Å². The molecular formula is C25H26ClN3O2. The van der Waals surface area contributed by atoms with Crippen molar-refractivity contribution in [1.29, 1.82) is 0 Å². The lowest BCUT2D eigenvalue weighted by atomic mass is 9.95. The third-order valence-corrected chi connectivity index (χ3v) is 5.92. The van der Waals surface area contributed by atoms with Crippen LogP contribution in [0.3, 0.4) is 0 Å². The molecule has 0 aliphatic heterocycles. The van der Waals surface area contributed by atoms with Crippen molar-refractivity contribution in [3.05, 3.63) is 63.7 Å². The van der Waals surface area contributed by atoms with Crippen LogP contribution in [0.25, 0.3) is 11.3 Å². The number of nitrogens with zero attached hydrogens (tertiary/aromatic N) is 3. The lowest BCUT2D eigenvalue weighted by Gasteiger charge is -2.17. The fraction of sp³-hybridized carbons (Fsp3) is 0.360. The lowest BCUT2D eigenvalue weighted by Crippen LogP contribution is -2.08. The summed E-state index contributed by atoms with van der Waals surface area (Å²) in [6, 6.07) is 5.94. The van der Waals surface area contributed by atoms with Gasteiger partial charge in [-0.05, 0) is 69.9 Å². The Morgan fingerprint density at radius 1 is 1.19 bits per heavy atom. The summed E-state index contributed by atoms with van der Waals surface area (Å²) in [4.78, 5) is 25.7. The van der Waals surface area contributed by atoms with Gasteiger partial charge in [0.1, 0.15) is 5.76 Å². The summed E-state index contributed by atoms with van der Waals surface area (Å²) >= 11 is 6.49. The highest BCUT2D eigenvalue weighted by Crippen LogP contribution is 2.39. The summed E-state index contributed by atoms with van der Waals surface area (Å²) < 4.78 is 5.94. The Morgan fingerprint density at radius 3 is 2.61 bits per heavy atom. The number of ketones is 1. The molecule has 0 amide bonds. The van der Waals surface area contributed by atoms with Crippen molar-refractivity contribution in [1.82, 2.24) is 9.97 Å². The molecule has 0 saturated heterocycles. The summed E-state index contributed by atoms with van der Waals surface area (Å²) in [6.07, 6.45) is 7.63. The Kier molecular flexibility index (Phi) is 6.05. The zero-order chi connectivity index (χ0) is 22.1. The number of halogens is 1. The highest BCUT2D eigenvalue weighted by atomic mass is 35.5. The molecule has 0 radical (unpaired) electrons. The van der Waals surface area contributed by atoms with Gasteiger partial charge in [-0.15, -0.1) is 0 Å². The van der Waals surface area contributed by atoms with Gasteiger partial charge in [-0.2, -0.15) is 4.99 Å². The summed E-state index contributed by atoms with van der Waals surface area (Å²) in [5, 5.41) is 0.567. The van der Waals surface area contributed by atoms with Crippen LogP contribution in [0.2, 0.25) is 5.02 Å². The Balaban J connectivity index is 1.59. The van der Waals surface area contributed by atoms with Crippen LogP contribution in [0, 0.1) is 6.92 Å².